The van der Waals surface area contributed by atoms with E-state index in [4.69, 9.17) is 9.47 Å². The number of methoxy groups -OCH3 is 1. The molecular formula is C18H26N4O2. The molecule has 0 radical (unpaired) electrons. The van der Waals surface area contributed by atoms with E-state index in [1.807, 2.05) is 42.2 Å². The SMILES string of the molecule is COc1ccccc1OCCN1CCN(Cc2cnn(C)c2)CC1. The van der Waals surface area contributed by atoms with Crippen LogP contribution in [0.25, 0.3) is 0 Å². The minimum atomic E-state index is 0.684. The minimum Gasteiger partial charge on any atom is -0.493 e. The summed E-state index contributed by atoms with van der Waals surface area (Å²) in [7, 11) is 3.63. The molecule has 6 heteroatoms. The van der Waals surface area contributed by atoms with Crippen molar-refractivity contribution in [3.63, 3.8) is 0 Å². The summed E-state index contributed by atoms with van der Waals surface area (Å²) in [4.78, 5) is 4.93. The van der Waals surface area contributed by atoms with Crippen LogP contribution < -0.4 is 9.47 Å². The Morgan fingerprint density at radius 3 is 2.42 bits per heavy atom. The van der Waals surface area contributed by atoms with Crippen molar-refractivity contribution in [2.45, 2.75) is 6.54 Å². The van der Waals surface area contributed by atoms with Gasteiger partial charge in [0.2, 0.25) is 0 Å². The van der Waals surface area contributed by atoms with Gasteiger partial charge in [-0.3, -0.25) is 14.5 Å². The number of hydrogen-bond donors (Lipinski definition) is 0. The van der Waals surface area contributed by atoms with Crippen LogP contribution in [0, 0.1) is 0 Å². The lowest BCUT2D eigenvalue weighted by Gasteiger charge is -2.34. The number of nitrogens with zero attached hydrogens (tertiary/aromatic N) is 4. The smallest absolute Gasteiger partial charge is 0.161 e. The van der Waals surface area contributed by atoms with E-state index in [0.717, 1.165) is 50.8 Å². The van der Waals surface area contributed by atoms with Crippen molar-refractivity contribution < 1.29 is 9.47 Å². The first kappa shape index (κ1) is 16.8. The van der Waals surface area contributed by atoms with Gasteiger partial charge >= 0.3 is 0 Å². The van der Waals surface area contributed by atoms with E-state index in [9.17, 15) is 0 Å². The second kappa shape index (κ2) is 8.17. The predicted octanol–water partition coefficient (Wildman–Crippen LogP) is 1.63. The second-order valence-corrected chi connectivity index (χ2v) is 6.14. The Labute approximate surface area is 143 Å². The van der Waals surface area contributed by atoms with Gasteiger partial charge in [0.25, 0.3) is 0 Å². The topological polar surface area (TPSA) is 42.8 Å². The monoisotopic (exact) mass is 330 g/mol. The van der Waals surface area contributed by atoms with Crippen LogP contribution in [0.2, 0.25) is 0 Å². The fraction of sp³-hybridized carbons (Fsp3) is 0.500. The fourth-order valence-corrected chi connectivity index (χ4v) is 3.01. The van der Waals surface area contributed by atoms with Crippen LogP contribution in [-0.2, 0) is 13.6 Å². The number of piperazine rings is 1. The normalized spacial score (nSPS) is 16.2. The summed E-state index contributed by atoms with van der Waals surface area (Å²) in [6.45, 7) is 6.94. The number of aryl methyl sites for hydroxylation is 1. The zero-order valence-corrected chi connectivity index (χ0v) is 14.5. The lowest BCUT2D eigenvalue weighted by atomic mass is 10.2. The molecule has 6 nitrogen and oxygen atoms in total. The molecule has 0 saturated carbocycles. The molecule has 0 aliphatic carbocycles. The molecule has 1 aromatic carbocycles. The van der Waals surface area contributed by atoms with Gasteiger partial charge in [0.1, 0.15) is 6.61 Å². The molecule has 0 spiro atoms. The highest BCUT2D eigenvalue weighted by molar-refractivity contribution is 5.39. The molecule has 24 heavy (non-hydrogen) atoms. The highest BCUT2D eigenvalue weighted by Gasteiger charge is 2.17. The van der Waals surface area contributed by atoms with Crippen molar-refractivity contribution in [1.82, 2.24) is 19.6 Å². The Morgan fingerprint density at radius 1 is 1.04 bits per heavy atom. The van der Waals surface area contributed by atoms with Crippen LogP contribution >= 0.6 is 0 Å². The molecule has 130 valence electrons. The van der Waals surface area contributed by atoms with Gasteiger partial charge in [-0.1, -0.05) is 12.1 Å². The van der Waals surface area contributed by atoms with Crippen molar-refractivity contribution in [1.29, 1.82) is 0 Å². The Morgan fingerprint density at radius 2 is 1.75 bits per heavy atom. The Hall–Kier alpha value is -2.05. The number of ether oxygens (including phenoxy) is 2. The van der Waals surface area contributed by atoms with Crippen LogP contribution in [0.3, 0.4) is 0 Å². The molecule has 1 fully saturated rings. The third-order valence-corrected chi connectivity index (χ3v) is 4.36. The van der Waals surface area contributed by atoms with E-state index in [1.54, 1.807) is 7.11 Å². The van der Waals surface area contributed by atoms with Crippen LogP contribution in [0.15, 0.2) is 36.7 Å². The van der Waals surface area contributed by atoms with Gasteiger partial charge in [0.05, 0.1) is 13.3 Å². The standard InChI is InChI=1S/C18H26N4O2/c1-20-14-16(13-19-20)15-22-9-7-21(8-10-22)11-12-24-18-6-4-3-5-17(18)23-2/h3-6,13-14H,7-12,15H2,1-2H3. The van der Waals surface area contributed by atoms with Gasteiger partial charge in [-0.2, -0.15) is 5.10 Å². The molecule has 2 heterocycles. The van der Waals surface area contributed by atoms with E-state index in [-0.39, 0.29) is 0 Å². The van der Waals surface area contributed by atoms with Gasteiger partial charge in [0, 0.05) is 58.1 Å². The summed E-state index contributed by atoms with van der Waals surface area (Å²) in [6.07, 6.45) is 4.04. The van der Waals surface area contributed by atoms with Gasteiger partial charge in [-0.15, -0.1) is 0 Å². The maximum atomic E-state index is 5.86. The Bertz CT molecular complexity index is 635. The molecule has 1 aliphatic heterocycles. The van der Waals surface area contributed by atoms with Crippen molar-refractivity contribution in [3.05, 3.63) is 42.2 Å². The molecule has 1 aromatic heterocycles. The summed E-state index contributed by atoms with van der Waals surface area (Å²) in [5.74, 6) is 1.61. The second-order valence-electron chi connectivity index (χ2n) is 6.14. The van der Waals surface area contributed by atoms with Crippen LogP contribution in [0.5, 0.6) is 11.5 Å². The highest BCUT2D eigenvalue weighted by atomic mass is 16.5. The number of para-hydroxylation sites is 2. The van der Waals surface area contributed by atoms with Crippen LogP contribution in [0.1, 0.15) is 5.56 Å². The van der Waals surface area contributed by atoms with Crippen molar-refractivity contribution >= 4 is 0 Å². The number of hydrogen-bond acceptors (Lipinski definition) is 5. The first-order valence-electron chi connectivity index (χ1n) is 8.42. The Balaban J connectivity index is 1.38. The van der Waals surface area contributed by atoms with Gasteiger partial charge in [-0.25, -0.2) is 0 Å². The van der Waals surface area contributed by atoms with Gasteiger partial charge in [0.15, 0.2) is 11.5 Å². The number of aromatic nitrogens is 2. The van der Waals surface area contributed by atoms with Gasteiger partial charge in [-0.05, 0) is 12.1 Å². The largest absolute Gasteiger partial charge is 0.493 e. The zero-order valence-electron chi connectivity index (χ0n) is 14.5. The molecule has 1 aliphatic rings. The minimum absolute atomic E-state index is 0.684. The van der Waals surface area contributed by atoms with E-state index in [2.05, 4.69) is 21.1 Å². The molecule has 0 N–H and O–H groups in total. The molecular weight excluding hydrogens is 304 g/mol. The quantitative estimate of drug-likeness (QED) is 0.772. The number of rotatable bonds is 7. The molecule has 0 atom stereocenters. The maximum absolute atomic E-state index is 5.86. The number of benzene rings is 1. The third-order valence-electron chi connectivity index (χ3n) is 4.36. The van der Waals surface area contributed by atoms with Crippen molar-refractivity contribution in [2.75, 3.05) is 46.4 Å². The highest BCUT2D eigenvalue weighted by Crippen LogP contribution is 2.25. The van der Waals surface area contributed by atoms with Gasteiger partial charge < -0.3 is 9.47 Å². The summed E-state index contributed by atoms with van der Waals surface area (Å²) >= 11 is 0. The van der Waals surface area contributed by atoms with Crippen LogP contribution in [0.4, 0.5) is 0 Å². The first-order valence-corrected chi connectivity index (χ1v) is 8.42. The maximum Gasteiger partial charge on any atom is 0.161 e. The summed E-state index contributed by atoms with van der Waals surface area (Å²) < 4.78 is 13.0. The summed E-state index contributed by atoms with van der Waals surface area (Å²) in [5, 5.41) is 4.23. The predicted molar refractivity (Wildman–Crippen MR) is 93.4 cm³/mol. The first-order chi connectivity index (χ1) is 11.7. The Kier molecular flexibility index (Phi) is 5.72. The molecule has 2 aromatic rings. The van der Waals surface area contributed by atoms with E-state index < -0.39 is 0 Å². The molecule has 1 saturated heterocycles. The molecule has 0 unspecified atom stereocenters. The van der Waals surface area contributed by atoms with Crippen molar-refractivity contribution in [3.8, 4) is 11.5 Å². The summed E-state index contributed by atoms with van der Waals surface area (Å²) in [6, 6.07) is 7.79. The van der Waals surface area contributed by atoms with E-state index in [1.165, 1.54) is 5.56 Å². The summed E-state index contributed by atoms with van der Waals surface area (Å²) in [5.41, 5.74) is 1.28. The zero-order chi connectivity index (χ0) is 16.8. The average molecular weight is 330 g/mol. The van der Waals surface area contributed by atoms with E-state index in [0.29, 0.717) is 6.61 Å². The fourth-order valence-electron chi connectivity index (χ4n) is 3.01. The van der Waals surface area contributed by atoms with E-state index >= 15 is 0 Å². The molecule has 3 rings (SSSR count). The molecule has 0 bridgehead atoms. The average Bonchev–Trinajstić information content (AvgIpc) is 3.02. The lowest BCUT2D eigenvalue weighted by Crippen LogP contribution is -2.46. The third kappa shape index (κ3) is 4.49. The lowest BCUT2D eigenvalue weighted by molar-refractivity contribution is 0.112. The molecule has 0 amide bonds. The van der Waals surface area contributed by atoms with Crippen LogP contribution in [-0.4, -0.2) is 66.0 Å². The van der Waals surface area contributed by atoms with Crippen molar-refractivity contribution in [2.24, 2.45) is 7.05 Å².